The molecule has 3 heterocycles. The third-order valence-corrected chi connectivity index (χ3v) is 5.39. The lowest BCUT2D eigenvalue weighted by Crippen LogP contribution is -2.31. The van der Waals surface area contributed by atoms with Crippen molar-refractivity contribution in [3.05, 3.63) is 52.1 Å². The Morgan fingerprint density at radius 1 is 1.12 bits per heavy atom. The monoisotopic (exact) mass is 358 g/mol. The molecule has 1 aliphatic heterocycles. The minimum atomic E-state index is 0.590. The van der Waals surface area contributed by atoms with Gasteiger partial charge in [0.1, 0.15) is 11.0 Å². The molecule has 0 saturated carbocycles. The molecule has 0 unspecified atom stereocenters. The van der Waals surface area contributed by atoms with Crippen molar-refractivity contribution in [2.45, 2.75) is 13.0 Å². The van der Waals surface area contributed by atoms with Crippen molar-refractivity contribution in [2.75, 3.05) is 31.1 Å². The molecule has 4 rings (SSSR count). The van der Waals surface area contributed by atoms with Gasteiger partial charge in [0.15, 0.2) is 0 Å². The number of nitrogens with zero attached hydrogens (tertiary/aromatic N) is 4. The minimum absolute atomic E-state index is 0.590. The lowest BCUT2D eigenvalue weighted by atomic mass is 10.2. The van der Waals surface area contributed by atoms with Gasteiger partial charge in [0, 0.05) is 43.5 Å². The van der Waals surface area contributed by atoms with Gasteiger partial charge in [0.2, 0.25) is 0 Å². The molecule has 6 heteroatoms. The van der Waals surface area contributed by atoms with E-state index in [1.165, 1.54) is 5.69 Å². The summed E-state index contributed by atoms with van der Waals surface area (Å²) >= 11 is 8.05. The van der Waals surface area contributed by atoms with Crippen LogP contribution in [0.5, 0.6) is 0 Å². The van der Waals surface area contributed by atoms with E-state index in [0.29, 0.717) is 5.15 Å². The molecule has 0 atom stereocenters. The van der Waals surface area contributed by atoms with Crippen LogP contribution in [0.25, 0.3) is 10.8 Å². The molecule has 4 nitrogen and oxygen atoms in total. The first-order chi connectivity index (χ1) is 11.8. The van der Waals surface area contributed by atoms with Crippen LogP contribution in [0.2, 0.25) is 5.15 Å². The van der Waals surface area contributed by atoms with Crippen molar-refractivity contribution in [3.63, 3.8) is 0 Å². The zero-order valence-corrected chi connectivity index (χ0v) is 14.9. The Morgan fingerprint density at radius 3 is 2.92 bits per heavy atom. The predicted molar refractivity (Wildman–Crippen MR) is 101 cm³/mol. The normalized spacial score (nSPS) is 16.5. The highest BCUT2D eigenvalue weighted by Crippen LogP contribution is 2.27. The maximum atomic E-state index is 6.39. The summed E-state index contributed by atoms with van der Waals surface area (Å²) in [6, 6.07) is 10.3. The van der Waals surface area contributed by atoms with Gasteiger partial charge in [-0.25, -0.2) is 9.97 Å². The molecule has 0 bridgehead atoms. The standard InChI is InChI=1S/C18H19ClN4S/c19-18-16-5-2-1-4-14(16)10-17(21-18)23-7-3-6-22(8-9-23)11-15-12-24-13-20-15/h1-2,4-5,10,12-13H,3,6-9,11H2. The molecule has 1 aromatic carbocycles. The van der Waals surface area contributed by atoms with E-state index in [1.807, 2.05) is 23.7 Å². The zero-order valence-electron chi connectivity index (χ0n) is 13.4. The van der Waals surface area contributed by atoms with Crippen LogP contribution in [-0.4, -0.2) is 41.0 Å². The molecule has 1 fully saturated rings. The average Bonchev–Trinajstić information content (AvgIpc) is 2.99. The number of pyridine rings is 1. The molecule has 3 aromatic rings. The molecular weight excluding hydrogens is 340 g/mol. The molecule has 24 heavy (non-hydrogen) atoms. The lowest BCUT2D eigenvalue weighted by molar-refractivity contribution is 0.282. The zero-order chi connectivity index (χ0) is 16.4. The van der Waals surface area contributed by atoms with Crippen molar-refractivity contribution in [1.82, 2.24) is 14.9 Å². The average molecular weight is 359 g/mol. The number of halogens is 1. The molecule has 1 saturated heterocycles. The van der Waals surface area contributed by atoms with Crippen LogP contribution in [0.15, 0.2) is 41.2 Å². The molecule has 0 amide bonds. The summed E-state index contributed by atoms with van der Waals surface area (Å²) in [6.45, 7) is 5.02. The van der Waals surface area contributed by atoms with Crippen molar-refractivity contribution >= 4 is 39.5 Å². The van der Waals surface area contributed by atoms with E-state index >= 15 is 0 Å². The number of fused-ring (bicyclic) bond motifs is 1. The summed E-state index contributed by atoms with van der Waals surface area (Å²) in [7, 11) is 0. The van der Waals surface area contributed by atoms with Gasteiger partial charge in [-0.3, -0.25) is 4.90 Å². The van der Waals surface area contributed by atoms with Crippen molar-refractivity contribution in [1.29, 1.82) is 0 Å². The largest absolute Gasteiger partial charge is 0.355 e. The third kappa shape index (κ3) is 3.38. The first-order valence-electron chi connectivity index (χ1n) is 8.19. The minimum Gasteiger partial charge on any atom is -0.355 e. The Bertz CT molecular complexity index is 821. The highest BCUT2D eigenvalue weighted by Gasteiger charge is 2.17. The number of anilines is 1. The van der Waals surface area contributed by atoms with Crippen molar-refractivity contribution in [3.8, 4) is 0 Å². The van der Waals surface area contributed by atoms with Crippen LogP contribution >= 0.6 is 22.9 Å². The van der Waals surface area contributed by atoms with Gasteiger partial charge >= 0.3 is 0 Å². The second kappa shape index (κ2) is 7.05. The highest BCUT2D eigenvalue weighted by molar-refractivity contribution is 7.07. The van der Waals surface area contributed by atoms with Gasteiger partial charge in [-0.2, -0.15) is 0 Å². The van der Waals surface area contributed by atoms with Gasteiger partial charge < -0.3 is 4.90 Å². The summed E-state index contributed by atoms with van der Waals surface area (Å²) < 4.78 is 0. The molecule has 1 aliphatic rings. The van der Waals surface area contributed by atoms with Crippen LogP contribution < -0.4 is 4.90 Å². The van der Waals surface area contributed by atoms with Crippen LogP contribution in [0.3, 0.4) is 0 Å². The number of aromatic nitrogens is 2. The number of thiazole rings is 1. The fourth-order valence-corrected chi connectivity index (χ4v) is 4.02. The summed E-state index contributed by atoms with van der Waals surface area (Å²) in [5, 5.41) is 4.89. The van der Waals surface area contributed by atoms with Crippen LogP contribution in [-0.2, 0) is 6.54 Å². The van der Waals surface area contributed by atoms with Crippen LogP contribution in [0.1, 0.15) is 12.1 Å². The van der Waals surface area contributed by atoms with Gasteiger partial charge in [-0.15, -0.1) is 11.3 Å². The Kier molecular flexibility index (Phi) is 4.65. The summed E-state index contributed by atoms with van der Waals surface area (Å²) in [5.74, 6) is 0.981. The molecule has 124 valence electrons. The van der Waals surface area contributed by atoms with E-state index in [1.54, 1.807) is 11.3 Å². The van der Waals surface area contributed by atoms with Gasteiger partial charge in [0.05, 0.1) is 11.2 Å². The second-order valence-electron chi connectivity index (χ2n) is 6.09. The van der Waals surface area contributed by atoms with Gasteiger partial charge in [-0.1, -0.05) is 35.9 Å². The third-order valence-electron chi connectivity index (χ3n) is 4.46. The predicted octanol–water partition coefficient (Wildman–Crippen LogP) is 4.06. The van der Waals surface area contributed by atoms with E-state index in [0.717, 1.165) is 55.7 Å². The maximum absolute atomic E-state index is 6.39. The Morgan fingerprint density at radius 2 is 2.04 bits per heavy atom. The first-order valence-corrected chi connectivity index (χ1v) is 9.51. The molecule has 2 aromatic heterocycles. The molecule has 0 radical (unpaired) electrons. The van der Waals surface area contributed by atoms with Gasteiger partial charge in [-0.05, 0) is 17.9 Å². The number of hydrogen-bond acceptors (Lipinski definition) is 5. The maximum Gasteiger partial charge on any atom is 0.139 e. The number of rotatable bonds is 3. The fourth-order valence-electron chi connectivity index (χ4n) is 3.21. The SMILES string of the molecule is Clc1nc(N2CCCN(Cc3cscn3)CC2)cc2ccccc12. The quantitative estimate of drug-likeness (QED) is 0.661. The molecule has 0 spiro atoms. The number of hydrogen-bond donors (Lipinski definition) is 0. The molecule has 0 aliphatic carbocycles. The van der Waals surface area contributed by atoms with Gasteiger partial charge in [0.25, 0.3) is 0 Å². The topological polar surface area (TPSA) is 32.3 Å². The Hall–Kier alpha value is -1.69. The molecule has 0 N–H and O–H groups in total. The van der Waals surface area contributed by atoms with E-state index < -0.39 is 0 Å². The van der Waals surface area contributed by atoms with Crippen molar-refractivity contribution < 1.29 is 0 Å². The smallest absolute Gasteiger partial charge is 0.139 e. The van der Waals surface area contributed by atoms with E-state index in [2.05, 4.69) is 37.3 Å². The summed E-state index contributed by atoms with van der Waals surface area (Å²) in [6.07, 6.45) is 1.12. The van der Waals surface area contributed by atoms with Crippen LogP contribution in [0.4, 0.5) is 5.82 Å². The first kappa shape index (κ1) is 15.8. The fraction of sp³-hybridized carbons (Fsp3) is 0.333. The Balaban J connectivity index is 1.51. The lowest BCUT2D eigenvalue weighted by Gasteiger charge is -2.23. The van der Waals surface area contributed by atoms with E-state index in [-0.39, 0.29) is 0 Å². The van der Waals surface area contributed by atoms with E-state index in [9.17, 15) is 0 Å². The van der Waals surface area contributed by atoms with Crippen LogP contribution in [0, 0.1) is 0 Å². The highest BCUT2D eigenvalue weighted by atomic mass is 35.5. The van der Waals surface area contributed by atoms with Crippen molar-refractivity contribution in [2.24, 2.45) is 0 Å². The number of benzene rings is 1. The second-order valence-corrected chi connectivity index (χ2v) is 7.17. The summed E-state index contributed by atoms with van der Waals surface area (Å²) in [4.78, 5) is 13.8. The molecular formula is C18H19ClN4S. The Labute approximate surface area is 150 Å². The van der Waals surface area contributed by atoms with E-state index in [4.69, 9.17) is 11.6 Å². The summed E-state index contributed by atoms with van der Waals surface area (Å²) in [5.41, 5.74) is 3.07.